The van der Waals surface area contributed by atoms with Gasteiger partial charge in [-0.1, -0.05) is 6.08 Å². The van der Waals surface area contributed by atoms with Crippen LogP contribution in [0.5, 0.6) is 0 Å². The third-order valence-corrected chi connectivity index (χ3v) is 1.36. The molecule has 0 N–H and O–H groups in total. The molecule has 0 aromatic heterocycles. The number of likely N-dealkylation sites (N-methyl/N-ethyl adjacent to an activating group) is 1. The van der Waals surface area contributed by atoms with Crippen LogP contribution in [0.25, 0.3) is 0 Å². The van der Waals surface area contributed by atoms with Crippen LogP contribution in [0.4, 0.5) is 0 Å². The Bertz CT molecular complexity index is 202. The highest BCUT2D eigenvalue weighted by molar-refractivity contribution is 5.88. The monoisotopic (exact) mass is 167 g/mol. The summed E-state index contributed by atoms with van der Waals surface area (Å²) in [5.41, 5.74) is 0.972. The predicted molar refractivity (Wildman–Crippen MR) is 55.0 cm³/mol. The van der Waals surface area contributed by atoms with E-state index in [1.54, 1.807) is 0 Å². The van der Waals surface area contributed by atoms with Gasteiger partial charge in [0, 0.05) is 5.70 Å². The number of rotatable bonds is 3. The maximum absolute atomic E-state index is 4.26. The van der Waals surface area contributed by atoms with E-state index < -0.39 is 0 Å². The number of allylic oxidation sites excluding steroid dienone is 2. The molecule has 0 bridgehead atoms. The third-order valence-electron chi connectivity index (χ3n) is 1.36. The molecule has 3 heteroatoms. The second-order valence-corrected chi connectivity index (χ2v) is 2.85. The Morgan fingerprint density at radius 1 is 1.50 bits per heavy atom. The van der Waals surface area contributed by atoms with E-state index in [0.29, 0.717) is 0 Å². The predicted octanol–water partition coefficient (Wildman–Crippen LogP) is 1.57. The first-order chi connectivity index (χ1) is 5.60. The fraction of sp³-hybridized carbons (Fsp3) is 0.556. The van der Waals surface area contributed by atoms with Gasteiger partial charge >= 0.3 is 0 Å². The standard InChI is InChI=1S/C9H17N3/c1-6-8(2)11-9(10-3)7-12(4)5/h6H,3,7H2,1-2,4-5H3/b8-6-,11-9?. The fourth-order valence-electron chi connectivity index (χ4n) is 0.672. The Balaban J connectivity index is 4.33. The zero-order chi connectivity index (χ0) is 9.56. The van der Waals surface area contributed by atoms with E-state index >= 15 is 0 Å². The van der Waals surface area contributed by atoms with Crippen molar-refractivity contribution in [3.8, 4) is 0 Å². The van der Waals surface area contributed by atoms with E-state index in [1.165, 1.54) is 0 Å². The molecule has 3 nitrogen and oxygen atoms in total. The van der Waals surface area contributed by atoms with Gasteiger partial charge in [0.2, 0.25) is 0 Å². The number of nitrogens with zero attached hydrogens (tertiary/aromatic N) is 3. The summed E-state index contributed by atoms with van der Waals surface area (Å²) in [6, 6.07) is 0. The lowest BCUT2D eigenvalue weighted by Crippen LogP contribution is -2.20. The number of hydrogen-bond donors (Lipinski definition) is 0. The van der Waals surface area contributed by atoms with E-state index in [1.807, 2.05) is 38.9 Å². The van der Waals surface area contributed by atoms with Gasteiger partial charge in [0.25, 0.3) is 0 Å². The summed E-state index contributed by atoms with van der Waals surface area (Å²) in [7, 11) is 3.96. The third kappa shape index (κ3) is 4.79. The second-order valence-electron chi connectivity index (χ2n) is 2.85. The van der Waals surface area contributed by atoms with Crippen molar-refractivity contribution in [3.63, 3.8) is 0 Å². The molecule has 0 saturated heterocycles. The zero-order valence-electron chi connectivity index (χ0n) is 8.33. The van der Waals surface area contributed by atoms with Crippen molar-refractivity contribution < 1.29 is 0 Å². The lowest BCUT2D eigenvalue weighted by molar-refractivity contribution is 0.468. The molecule has 0 fully saturated rings. The Morgan fingerprint density at radius 3 is 2.42 bits per heavy atom. The van der Waals surface area contributed by atoms with Crippen LogP contribution in [0.2, 0.25) is 0 Å². The van der Waals surface area contributed by atoms with Crippen molar-refractivity contribution in [3.05, 3.63) is 11.8 Å². The van der Waals surface area contributed by atoms with Crippen LogP contribution >= 0.6 is 0 Å². The topological polar surface area (TPSA) is 28.0 Å². The minimum atomic E-state index is 0.731. The quantitative estimate of drug-likeness (QED) is 0.463. The van der Waals surface area contributed by atoms with Gasteiger partial charge in [-0.2, -0.15) is 0 Å². The van der Waals surface area contributed by atoms with Crippen LogP contribution in [-0.4, -0.2) is 38.1 Å². The molecule has 0 aliphatic rings. The summed E-state index contributed by atoms with van der Waals surface area (Å²) < 4.78 is 0. The van der Waals surface area contributed by atoms with E-state index in [4.69, 9.17) is 0 Å². The number of aliphatic imine (C=N–C) groups is 2. The Labute approximate surface area is 74.5 Å². The molecule has 0 aliphatic heterocycles. The summed E-state index contributed by atoms with van der Waals surface area (Å²) in [6.45, 7) is 8.10. The van der Waals surface area contributed by atoms with E-state index in [2.05, 4.69) is 16.7 Å². The molecule has 0 rings (SSSR count). The molecule has 0 heterocycles. The lowest BCUT2D eigenvalue weighted by atomic mass is 10.4. The summed E-state index contributed by atoms with van der Waals surface area (Å²) in [6.07, 6.45) is 1.95. The summed E-state index contributed by atoms with van der Waals surface area (Å²) in [4.78, 5) is 10.1. The van der Waals surface area contributed by atoms with Crippen molar-refractivity contribution in [2.45, 2.75) is 13.8 Å². The van der Waals surface area contributed by atoms with Gasteiger partial charge in [-0.3, -0.25) is 0 Å². The van der Waals surface area contributed by atoms with Gasteiger partial charge < -0.3 is 4.90 Å². The van der Waals surface area contributed by atoms with Crippen LogP contribution in [0.3, 0.4) is 0 Å². The fourth-order valence-corrected chi connectivity index (χ4v) is 0.672. The molecule has 0 amide bonds. The normalized spacial score (nSPS) is 13.8. The summed E-state index contributed by atoms with van der Waals surface area (Å²) >= 11 is 0. The number of amidine groups is 1. The SMILES string of the molecule is C=NC(CN(C)C)=N/C(C)=C\C. The molecule has 0 unspecified atom stereocenters. The van der Waals surface area contributed by atoms with Crippen LogP contribution in [0.1, 0.15) is 13.8 Å². The number of hydrogen-bond acceptors (Lipinski definition) is 2. The minimum absolute atomic E-state index is 0.731. The second kappa shape index (κ2) is 5.66. The molecule has 0 spiro atoms. The minimum Gasteiger partial charge on any atom is -0.302 e. The average Bonchev–Trinajstić information content (AvgIpc) is 2.02. The maximum Gasteiger partial charge on any atom is 0.141 e. The molecule has 0 aliphatic carbocycles. The lowest BCUT2D eigenvalue weighted by Gasteiger charge is -2.08. The van der Waals surface area contributed by atoms with Crippen molar-refractivity contribution in [1.82, 2.24) is 4.90 Å². The van der Waals surface area contributed by atoms with Crippen molar-refractivity contribution >= 4 is 12.6 Å². The largest absolute Gasteiger partial charge is 0.302 e. The average molecular weight is 167 g/mol. The first-order valence-electron chi connectivity index (χ1n) is 3.92. The molecular formula is C9H17N3. The van der Waals surface area contributed by atoms with Crippen molar-refractivity contribution in [2.24, 2.45) is 9.98 Å². The molecule has 68 valence electrons. The maximum atomic E-state index is 4.26. The smallest absolute Gasteiger partial charge is 0.141 e. The highest BCUT2D eigenvalue weighted by Crippen LogP contribution is 1.96. The van der Waals surface area contributed by atoms with Crippen LogP contribution in [0, 0.1) is 0 Å². The molecule has 0 aromatic carbocycles. The van der Waals surface area contributed by atoms with Crippen molar-refractivity contribution in [2.75, 3.05) is 20.6 Å². The van der Waals surface area contributed by atoms with Crippen molar-refractivity contribution in [1.29, 1.82) is 0 Å². The molecule has 0 radical (unpaired) electrons. The van der Waals surface area contributed by atoms with E-state index in [0.717, 1.165) is 18.1 Å². The van der Waals surface area contributed by atoms with Crippen LogP contribution in [0.15, 0.2) is 21.8 Å². The highest BCUT2D eigenvalue weighted by atomic mass is 15.1. The van der Waals surface area contributed by atoms with Gasteiger partial charge in [0.05, 0.1) is 6.54 Å². The van der Waals surface area contributed by atoms with Gasteiger partial charge in [-0.05, 0) is 34.7 Å². The Hall–Kier alpha value is -0.960. The molecule has 12 heavy (non-hydrogen) atoms. The Kier molecular flexibility index (Phi) is 5.21. The molecule has 0 atom stereocenters. The first kappa shape index (κ1) is 11.0. The van der Waals surface area contributed by atoms with E-state index in [-0.39, 0.29) is 0 Å². The molecular weight excluding hydrogens is 150 g/mol. The Morgan fingerprint density at radius 2 is 2.08 bits per heavy atom. The van der Waals surface area contributed by atoms with Crippen LogP contribution in [-0.2, 0) is 0 Å². The summed E-state index contributed by atoms with van der Waals surface area (Å²) in [5, 5.41) is 0. The van der Waals surface area contributed by atoms with E-state index in [9.17, 15) is 0 Å². The van der Waals surface area contributed by atoms with Gasteiger partial charge in [-0.25, -0.2) is 9.98 Å². The molecule has 0 saturated carbocycles. The van der Waals surface area contributed by atoms with Crippen LogP contribution < -0.4 is 0 Å². The summed E-state index contributed by atoms with van der Waals surface area (Å²) in [5.74, 6) is 0.760. The first-order valence-corrected chi connectivity index (χ1v) is 3.92. The van der Waals surface area contributed by atoms with Gasteiger partial charge in [0.15, 0.2) is 0 Å². The van der Waals surface area contributed by atoms with Gasteiger partial charge in [0.1, 0.15) is 5.84 Å². The highest BCUT2D eigenvalue weighted by Gasteiger charge is 1.96. The molecule has 0 aromatic rings. The zero-order valence-corrected chi connectivity index (χ0v) is 8.33. The van der Waals surface area contributed by atoms with Gasteiger partial charge in [-0.15, -0.1) is 0 Å².